The molecule has 0 saturated carbocycles. The van der Waals surface area contributed by atoms with Crippen LogP contribution in [0.25, 0.3) is 10.9 Å². The van der Waals surface area contributed by atoms with Gasteiger partial charge in [0.25, 0.3) is 0 Å². The molecule has 0 aliphatic carbocycles. The number of aryl methyl sites for hydroxylation is 1. The van der Waals surface area contributed by atoms with Crippen LogP contribution in [-0.2, 0) is 17.6 Å². The molecule has 5 rings (SSSR count). The Morgan fingerprint density at radius 3 is 2.82 bits per heavy atom. The molecule has 1 atom stereocenters. The fraction of sp³-hybridized carbons (Fsp3) is 0.259. The molecular weight excluding hydrogens is 433 g/mol. The van der Waals surface area contributed by atoms with E-state index in [4.69, 9.17) is 9.72 Å². The first-order valence-electron chi connectivity index (χ1n) is 11.5. The Balaban J connectivity index is 1.30. The van der Waals surface area contributed by atoms with Crippen molar-refractivity contribution >= 4 is 22.7 Å². The molecule has 0 radical (unpaired) electrons. The maximum Gasteiger partial charge on any atom is 0.305 e. The van der Waals surface area contributed by atoms with Gasteiger partial charge in [-0.05, 0) is 66.4 Å². The SMILES string of the molecule is O=C(O)CC(c1ccc(F)cc1)n1ccc2cc(OCCc3ccc4c(n3)NCCC4)ccc21. The Morgan fingerprint density at radius 2 is 2.00 bits per heavy atom. The lowest BCUT2D eigenvalue weighted by Crippen LogP contribution is -2.14. The van der Waals surface area contributed by atoms with Crippen LogP contribution < -0.4 is 10.1 Å². The van der Waals surface area contributed by atoms with Gasteiger partial charge in [0.1, 0.15) is 17.4 Å². The molecule has 174 valence electrons. The topological polar surface area (TPSA) is 76.4 Å². The predicted octanol–water partition coefficient (Wildman–Crippen LogP) is 5.22. The van der Waals surface area contributed by atoms with E-state index < -0.39 is 12.0 Å². The summed E-state index contributed by atoms with van der Waals surface area (Å²) in [7, 11) is 0. The van der Waals surface area contributed by atoms with Crippen LogP contribution in [0.5, 0.6) is 5.75 Å². The molecule has 1 aliphatic rings. The van der Waals surface area contributed by atoms with E-state index in [1.165, 1.54) is 17.7 Å². The zero-order valence-corrected chi connectivity index (χ0v) is 18.7. The average Bonchev–Trinajstić information content (AvgIpc) is 3.26. The standard InChI is InChI=1S/C27H26FN3O3/c28-21-6-3-18(4-7-21)25(17-26(32)33)31-14-11-20-16-23(9-10-24(20)31)34-15-12-22-8-5-19-2-1-13-29-27(19)30-22/h3-11,14,16,25H,1-2,12-13,15,17H2,(H,29,30)(H,32,33). The van der Waals surface area contributed by atoms with Crippen molar-refractivity contribution in [3.63, 3.8) is 0 Å². The second-order valence-electron chi connectivity index (χ2n) is 8.55. The molecule has 0 fully saturated rings. The number of fused-ring (bicyclic) bond motifs is 2. The number of aliphatic carboxylic acids is 1. The summed E-state index contributed by atoms with van der Waals surface area (Å²) in [5.74, 6) is 0.474. The van der Waals surface area contributed by atoms with Gasteiger partial charge in [-0.1, -0.05) is 18.2 Å². The molecule has 7 heteroatoms. The Labute approximate surface area is 197 Å². The minimum atomic E-state index is -0.915. The van der Waals surface area contributed by atoms with Crippen LogP contribution in [0.2, 0.25) is 0 Å². The highest BCUT2D eigenvalue weighted by Gasteiger charge is 2.19. The van der Waals surface area contributed by atoms with E-state index >= 15 is 0 Å². The second kappa shape index (κ2) is 9.55. The molecule has 3 heterocycles. The maximum atomic E-state index is 13.4. The van der Waals surface area contributed by atoms with Gasteiger partial charge in [0.2, 0.25) is 0 Å². The van der Waals surface area contributed by atoms with Crippen molar-refractivity contribution in [2.24, 2.45) is 0 Å². The summed E-state index contributed by atoms with van der Waals surface area (Å²) in [4.78, 5) is 16.2. The minimum absolute atomic E-state index is 0.101. The highest BCUT2D eigenvalue weighted by atomic mass is 19.1. The molecule has 34 heavy (non-hydrogen) atoms. The van der Waals surface area contributed by atoms with Gasteiger partial charge in [0, 0.05) is 35.8 Å². The Hall–Kier alpha value is -3.87. The molecule has 1 unspecified atom stereocenters. The van der Waals surface area contributed by atoms with Gasteiger partial charge in [-0.3, -0.25) is 4.79 Å². The van der Waals surface area contributed by atoms with Crippen LogP contribution in [0, 0.1) is 5.82 Å². The Kier molecular flexibility index (Phi) is 6.16. The number of nitrogens with one attached hydrogen (secondary N) is 1. The monoisotopic (exact) mass is 459 g/mol. The van der Waals surface area contributed by atoms with Gasteiger partial charge >= 0.3 is 5.97 Å². The summed E-state index contributed by atoms with van der Waals surface area (Å²) in [6.07, 6.45) is 4.69. The number of benzene rings is 2. The first-order chi connectivity index (χ1) is 16.6. The number of carboxylic acids is 1. The Bertz CT molecular complexity index is 1320. The Morgan fingerprint density at radius 1 is 1.15 bits per heavy atom. The van der Waals surface area contributed by atoms with Gasteiger partial charge in [0.15, 0.2) is 0 Å². The van der Waals surface area contributed by atoms with Crippen molar-refractivity contribution in [1.82, 2.24) is 9.55 Å². The summed E-state index contributed by atoms with van der Waals surface area (Å²) in [5.41, 5.74) is 3.91. The van der Waals surface area contributed by atoms with Crippen LogP contribution in [0.15, 0.2) is 66.9 Å². The summed E-state index contributed by atoms with van der Waals surface area (Å²) in [5, 5.41) is 13.8. The van der Waals surface area contributed by atoms with Crippen molar-refractivity contribution < 1.29 is 19.0 Å². The fourth-order valence-electron chi connectivity index (χ4n) is 4.51. The van der Waals surface area contributed by atoms with Crippen molar-refractivity contribution in [3.8, 4) is 5.75 Å². The smallest absolute Gasteiger partial charge is 0.305 e. The number of carboxylic acid groups (broad SMARTS) is 1. The van der Waals surface area contributed by atoms with Gasteiger partial charge < -0.3 is 19.7 Å². The second-order valence-corrected chi connectivity index (χ2v) is 8.55. The van der Waals surface area contributed by atoms with Crippen LogP contribution in [0.1, 0.15) is 35.7 Å². The highest BCUT2D eigenvalue weighted by molar-refractivity contribution is 5.82. The van der Waals surface area contributed by atoms with Crippen LogP contribution >= 0.6 is 0 Å². The molecule has 0 amide bonds. The maximum absolute atomic E-state index is 13.4. The largest absolute Gasteiger partial charge is 0.493 e. The van der Waals surface area contributed by atoms with Crippen LogP contribution in [0.3, 0.4) is 0 Å². The number of nitrogens with zero attached hydrogens (tertiary/aromatic N) is 2. The van der Waals surface area contributed by atoms with E-state index in [-0.39, 0.29) is 12.2 Å². The number of pyridine rings is 1. The third-order valence-electron chi connectivity index (χ3n) is 6.23. The third kappa shape index (κ3) is 4.73. The number of halogens is 1. The lowest BCUT2D eigenvalue weighted by atomic mass is 10.0. The number of aromatic nitrogens is 2. The number of hydrogen-bond donors (Lipinski definition) is 2. The van der Waals surface area contributed by atoms with Gasteiger partial charge in [-0.15, -0.1) is 0 Å². The third-order valence-corrected chi connectivity index (χ3v) is 6.23. The zero-order valence-electron chi connectivity index (χ0n) is 18.7. The molecule has 0 bridgehead atoms. The minimum Gasteiger partial charge on any atom is -0.493 e. The quantitative estimate of drug-likeness (QED) is 0.378. The highest BCUT2D eigenvalue weighted by Crippen LogP contribution is 2.30. The van der Waals surface area contributed by atoms with E-state index in [0.717, 1.165) is 53.1 Å². The van der Waals surface area contributed by atoms with E-state index in [0.29, 0.717) is 13.0 Å². The van der Waals surface area contributed by atoms with E-state index in [9.17, 15) is 14.3 Å². The number of anilines is 1. The average molecular weight is 460 g/mol. The van der Waals surface area contributed by atoms with Crippen molar-refractivity contribution in [1.29, 1.82) is 0 Å². The molecule has 2 N–H and O–H groups in total. The zero-order chi connectivity index (χ0) is 23.5. The molecule has 0 spiro atoms. The number of rotatable bonds is 8. The number of hydrogen-bond acceptors (Lipinski definition) is 4. The fourth-order valence-corrected chi connectivity index (χ4v) is 4.51. The summed E-state index contributed by atoms with van der Waals surface area (Å²) in [6, 6.07) is 17.5. The summed E-state index contributed by atoms with van der Waals surface area (Å²) >= 11 is 0. The number of carbonyl (C=O) groups is 1. The van der Waals surface area contributed by atoms with E-state index in [2.05, 4.69) is 17.4 Å². The van der Waals surface area contributed by atoms with Crippen LogP contribution in [0.4, 0.5) is 10.2 Å². The first kappa shape index (κ1) is 21.9. The first-order valence-corrected chi connectivity index (χ1v) is 11.5. The normalized spacial score (nSPS) is 13.8. The van der Waals surface area contributed by atoms with Crippen molar-refractivity contribution in [2.75, 3.05) is 18.5 Å². The predicted molar refractivity (Wildman–Crippen MR) is 129 cm³/mol. The molecule has 2 aromatic carbocycles. The van der Waals surface area contributed by atoms with E-state index in [1.807, 2.05) is 35.0 Å². The molecule has 6 nitrogen and oxygen atoms in total. The van der Waals surface area contributed by atoms with Gasteiger partial charge in [0.05, 0.1) is 19.1 Å². The van der Waals surface area contributed by atoms with E-state index in [1.54, 1.807) is 12.1 Å². The molecule has 2 aromatic heterocycles. The molecule has 0 saturated heterocycles. The molecule has 4 aromatic rings. The summed E-state index contributed by atoms with van der Waals surface area (Å²) in [6.45, 7) is 1.48. The lowest BCUT2D eigenvalue weighted by Gasteiger charge is -2.19. The van der Waals surface area contributed by atoms with Crippen molar-refractivity contribution in [3.05, 3.63) is 89.5 Å². The van der Waals surface area contributed by atoms with Gasteiger partial charge in [-0.25, -0.2) is 9.37 Å². The summed E-state index contributed by atoms with van der Waals surface area (Å²) < 4.78 is 21.3. The van der Waals surface area contributed by atoms with Gasteiger partial charge in [-0.2, -0.15) is 0 Å². The van der Waals surface area contributed by atoms with Crippen LogP contribution in [-0.4, -0.2) is 33.8 Å². The molecule has 1 aliphatic heterocycles. The lowest BCUT2D eigenvalue weighted by molar-refractivity contribution is -0.137. The molecular formula is C27H26FN3O3. The van der Waals surface area contributed by atoms with Crippen molar-refractivity contribution in [2.45, 2.75) is 31.7 Å². The number of ether oxygens (including phenoxy) is 1.